The molecule has 132 valence electrons. The molecule has 0 spiro atoms. The lowest BCUT2D eigenvalue weighted by Crippen LogP contribution is -2.25. The van der Waals surface area contributed by atoms with Crippen molar-refractivity contribution in [1.82, 2.24) is 5.43 Å². The smallest absolute Gasteiger partial charge is 0.277 e. The summed E-state index contributed by atoms with van der Waals surface area (Å²) in [7, 11) is 0. The summed E-state index contributed by atoms with van der Waals surface area (Å²) in [6.07, 6.45) is 2.27. The van der Waals surface area contributed by atoms with Gasteiger partial charge in [0, 0.05) is 11.6 Å². The van der Waals surface area contributed by atoms with Gasteiger partial charge in [0.2, 0.25) is 0 Å². The summed E-state index contributed by atoms with van der Waals surface area (Å²) in [5.41, 5.74) is 3.78. The second-order valence-electron chi connectivity index (χ2n) is 5.67. The first-order valence-corrected chi connectivity index (χ1v) is 8.06. The van der Waals surface area contributed by atoms with Crippen LogP contribution in [0.4, 0.5) is 0 Å². The molecule has 6 heteroatoms. The maximum atomic E-state index is 11.8. The molecule has 0 aromatic heterocycles. The Labute approximate surface area is 146 Å². The van der Waals surface area contributed by atoms with Gasteiger partial charge in [0.1, 0.15) is 17.2 Å². The van der Waals surface area contributed by atoms with Gasteiger partial charge in [0.25, 0.3) is 5.91 Å². The van der Waals surface area contributed by atoms with Crippen LogP contribution in [0.2, 0.25) is 0 Å². The highest BCUT2D eigenvalue weighted by Gasteiger charge is 2.10. The molecule has 0 aliphatic rings. The molecule has 1 amide bonds. The van der Waals surface area contributed by atoms with E-state index in [9.17, 15) is 15.0 Å². The maximum Gasteiger partial charge on any atom is 0.277 e. The summed E-state index contributed by atoms with van der Waals surface area (Å²) in [6, 6.07) is 11.7. The maximum absolute atomic E-state index is 11.8. The topological polar surface area (TPSA) is 91.2 Å². The molecule has 2 aromatic carbocycles. The molecule has 0 bridgehead atoms. The molecule has 3 N–H and O–H groups in total. The largest absolute Gasteiger partial charge is 0.508 e. The van der Waals surface area contributed by atoms with Gasteiger partial charge in [-0.05, 0) is 36.1 Å². The first-order chi connectivity index (χ1) is 12.0. The van der Waals surface area contributed by atoms with Gasteiger partial charge in [-0.2, -0.15) is 5.10 Å². The zero-order valence-corrected chi connectivity index (χ0v) is 14.3. The van der Waals surface area contributed by atoms with E-state index >= 15 is 0 Å². The number of nitrogens with zero attached hydrogens (tertiary/aromatic N) is 1. The number of para-hydroxylation sites is 1. The van der Waals surface area contributed by atoms with Crippen molar-refractivity contribution in [2.75, 3.05) is 6.61 Å². The Balaban J connectivity index is 1.90. The van der Waals surface area contributed by atoms with Crippen molar-refractivity contribution in [1.29, 1.82) is 0 Å². The molecular weight excluding hydrogens is 320 g/mol. The number of aromatic hydroxyl groups is 2. The van der Waals surface area contributed by atoms with Crippen LogP contribution in [0.1, 0.15) is 37.3 Å². The molecule has 2 aromatic rings. The molecule has 0 fully saturated rings. The van der Waals surface area contributed by atoms with Crippen LogP contribution < -0.4 is 10.2 Å². The lowest BCUT2D eigenvalue weighted by molar-refractivity contribution is -0.123. The van der Waals surface area contributed by atoms with Crippen molar-refractivity contribution < 1.29 is 19.7 Å². The fraction of sp³-hybridized carbons (Fsp3) is 0.263. The summed E-state index contributed by atoms with van der Waals surface area (Å²) in [5, 5.41) is 22.6. The monoisotopic (exact) mass is 342 g/mol. The minimum absolute atomic E-state index is 0.0490. The molecule has 0 saturated carbocycles. The summed E-state index contributed by atoms with van der Waals surface area (Å²) in [6.45, 7) is 4.05. The Morgan fingerprint density at radius 3 is 2.76 bits per heavy atom. The fourth-order valence-electron chi connectivity index (χ4n) is 2.23. The Hall–Kier alpha value is -3.02. The third-order valence-electron chi connectivity index (χ3n) is 3.83. The summed E-state index contributed by atoms with van der Waals surface area (Å²) in [5.74, 6) is 0.444. The number of rotatable bonds is 7. The number of phenolic OH excluding ortho intramolecular Hbond substituents is 2. The van der Waals surface area contributed by atoms with Crippen LogP contribution in [-0.2, 0) is 4.79 Å². The van der Waals surface area contributed by atoms with E-state index < -0.39 is 5.91 Å². The number of hydrazone groups is 1. The lowest BCUT2D eigenvalue weighted by atomic mass is 9.98. The molecule has 0 heterocycles. The second-order valence-corrected chi connectivity index (χ2v) is 5.67. The number of hydrogen-bond acceptors (Lipinski definition) is 5. The molecule has 0 unspecified atom stereocenters. The third-order valence-corrected chi connectivity index (χ3v) is 3.83. The average molecular weight is 342 g/mol. The standard InChI is InChI=1S/C19H22N2O4/c1-3-13(2)16-6-4-5-7-18(16)25-12-19(24)21-20-11-14-8-9-15(22)10-17(14)23/h4-11,13,22-23H,3,12H2,1-2H3,(H,21,24)/b20-11-/t13-/m1/s1. The quantitative estimate of drug-likeness (QED) is 0.532. The van der Waals surface area contributed by atoms with Gasteiger partial charge >= 0.3 is 0 Å². The van der Waals surface area contributed by atoms with Gasteiger partial charge in [0.15, 0.2) is 6.61 Å². The van der Waals surface area contributed by atoms with Crippen LogP contribution in [0, 0.1) is 0 Å². The number of ether oxygens (including phenoxy) is 1. The summed E-state index contributed by atoms with van der Waals surface area (Å²) < 4.78 is 5.60. The number of nitrogens with one attached hydrogen (secondary N) is 1. The zero-order valence-electron chi connectivity index (χ0n) is 14.3. The minimum Gasteiger partial charge on any atom is -0.508 e. The summed E-state index contributed by atoms with van der Waals surface area (Å²) in [4.78, 5) is 11.8. The SMILES string of the molecule is CC[C@@H](C)c1ccccc1OCC(=O)N/N=C\c1ccc(O)cc1O. The van der Waals surface area contributed by atoms with E-state index in [1.54, 1.807) is 0 Å². The van der Waals surface area contributed by atoms with E-state index in [4.69, 9.17) is 4.74 Å². The van der Waals surface area contributed by atoms with Gasteiger partial charge in [-0.3, -0.25) is 4.79 Å². The number of phenols is 2. The third kappa shape index (κ3) is 5.24. The molecule has 2 rings (SSSR count). The fourth-order valence-corrected chi connectivity index (χ4v) is 2.23. The van der Waals surface area contributed by atoms with Crippen LogP contribution in [0.5, 0.6) is 17.2 Å². The van der Waals surface area contributed by atoms with Crippen molar-refractivity contribution in [3.63, 3.8) is 0 Å². The normalized spacial score (nSPS) is 12.1. The number of benzene rings is 2. The van der Waals surface area contributed by atoms with Crippen molar-refractivity contribution in [2.24, 2.45) is 5.10 Å². The zero-order chi connectivity index (χ0) is 18.2. The van der Waals surface area contributed by atoms with E-state index in [-0.39, 0.29) is 18.1 Å². The minimum atomic E-state index is -0.409. The molecule has 25 heavy (non-hydrogen) atoms. The van der Waals surface area contributed by atoms with Crippen LogP contribution >= 0.6 is 0 Å². The van der Waals surface area contributed by atoms with E-state index in [1.165, 1.54) is 24.4 Å². The highest BCUT2D eigenvalue weighted by molar-refractivity contribution is 5.85. The first kappa shape index (κ1) is 18.3. The highest BCUT2D eigenvalue weighted by Crippen LogP contribution is 2.28. The molecule has 0 saturated heterocycles. The number of carbonyl (C=O) groups excluding carboxylic acids is 1. The van der Waals surface area contributed by atoms with Gasteiger partial charge < -0.3 is 14.9 Å². The van der Waals surface area contributed by atoms with Gasteiger partial charge in [0.05, 0.1) is 6.21 Å². The van der Waals surface area contributed by atoms with E-state index in [0.29, 0.717) is 17.2 Å². The van der Waals surface area contributed by atoms with Gasteiger partial charge in [-0.15, -0.1) is 0 Å². The van der Waals surface area contributed by atoms with Crippen molar-refractivity contribution in [2.45, 2.75) is 26.2 Å². The lowest BCUT2D eigenvalue weighted by Gasteiger charge is -2.15. The molecule has 0 aliphatic carbocycles. The Morgan fingerprint density at radius 2 is 2.04 bits per heavy atom. The predicted octanol–water partition coefficient (Wildman–Crippen LogP) is 3.14. The van der Waals surface area contributed by atoms with Gasteiger partial charge in [-0.1, -0.05) is 32.0 Å². The predicted molar refractivity (Wildman–Crippen MR) is 96.2 cm³/mol. The molecule has 6 nitrogen and oxygen atoms in total. The van der Waals surface area contributed by atoms with Crippen LogP contribution in [-0.4, -0.2) is 28.9 Å². The van der Waals surface area contributed by atoms with E-state index in [2.05, 4.69) is 24.4 Å². The van der Waals surface area contributed by atoms with Crippen molar-refractivity contribution >= 4 is 12.1 Å². The Kier molecular flexibility index (Phi) is 6.39. The van der Waals surface area contributed by atoms with Crippen LogP contribution in [0.25, 0.3) is 0 Å². The first-order valence-electron chi connectivity index (χ1n) is 8.06. The van der Waals surface area contributed by atoms with Gasteiger partial charge in [-0.25, -0.2) is 5.43 Å². The average Bonchev–Trinajstić information content (AvgIpc) is 2.61. The van der Waals surface area contributed by atoms with Crippen LogP contribution in [0.15, 0.2) is 47.6 Å². The number of hydrogen-bond donors (Lipinski definition) is 3. The highest BCUT2D eigenvalue weighted by atomic mass is 16.5. The number of amides is 1. The molecule has 0 radical (unpaired) electrons. The Bertz CT molecular complexity index is 759. The molecule has 1 atom stereocenters. The van der Waals surface area contributed by atoms with Crippen molar-refractivity contribution in [3.05, 3.63) is 53.6 Å². The number of carbonyl (C=O) groups is 1. The molecule has 0 aliphatic heterocycles. The molecular formula is C19H22N2O4. The van der Waals surface area contributed by atoms with E-state index in [1.807, 2.05) is 24.3 Å². The van der Waals surface area contributed by atoms with E-state index in [0.717, 1.165) is 12.0 Å². The van der Waals surface area contributed by atoms with Crippen molar-refractivity contribution in [3.8, 4) is 17.2 Å². The Morgan fingerprint density at radius 1 is 1.28 bits per heavy atom. The summed E-state index contributed by atoms with van der Waals surface area (Å²) >= 11 is 0. The van der Waals surface area contributed by atoms with Crippen LogP contribution in [0.3, 0.4) is 0 Å². The second kappa shape index (κ2) is 8.73.